The van der Waals surface area contributed by atoms with Crippen LogP contribution in [-0.4, -0.2) is 11.5 Å². The first-order valence-corrected chi connectivity index (χ1v) is 6.95. The lowest BCUT2D eigenvalue weighted by Gasteiger charge is -2.26. The minimum Gasteiger partial charge on any atom is -0.306 e. The molecule has 0 saturated heterocycles. The van der Waals surface area contributed by atoms with Crippen molar-refractivity contribution < 1.29 is 0 Å². The SMILES string of the molecule is CCCC(C)CNC(C)(C)c1ncc(C)s1. The first-order valence-electron chi connectivity index (χ1n) is 6.13. The van der Waals surface area contributed by atoms with Crippen molar-refractivity contribution >= 4 is 11.3 Å². The maximum Gasteiger partial charge on any atom is 0.112 e. The van der Waals surface area contributed by atoms with Crippen molar-refractivity contribution in [3.8, 4) is 0 Å². The molecule has 0 aliphatic heterocycles. The summed E-state index contributed by atoms with van der Waals surface area (Å²) in [6, 6.07) is 0. The molecular formula is C13H24N2S. The summed E-state index contributed by atoms with van der Waals surface area (Å²) in [4.78, 5) is 5.75. The first-order chi connectivity index (χ1) is 7.45. The molecule has 1 N–H and O–H groups in total. The van der Waals surface area contributed by atoms with Gasteiger partial charge < -0.3 is 5.32 Å². The number of nitrogens with zero attached hydrogens (tertiary/aromatic N) is 1. The van der Waals surface area contributed by atoms with Gasteiger partial charge in [0.2, 0.25) is 0 Å². The second-order valence-electron chi connectivity index (χ2n) is 5.18. The topological polar surface area (TPSA) is 24.9 Å². The Kier molecular flexibility index (Phi) is 4.93. The number of hydrogen-bond donors (Lipinski definition) is 1. The van der Waals surface area contributed by atoms with Crippen LogP contribution >= 0.6 is 11.3 Å². The van der Waals surface area contributed by atoms with Gasteiger partial charge in [-0.15, -0.1) is 11.3 Å². The van der Waals surface area contributed by atoms with Crippen molar-refractivity contribution in [3.05, 3.63) is 16.1 Å². The van der Waals surface area contributed by atoms with Crippen LogP contribution < -0.4 is 5.32 Å². The van der Waals surface area contributed by atoms with Crippen LogP contribution in [0.15, 0.2) is 6.20 Å². The minimum atomic E-state index is 0.000921. The van der Waals surface area contributed by atoms with Gasteiger partial charge in [0, 0.05) is 11.1 Å². The van der Waals surface area contributed by atoms with Crippen LogP contribution in [0.1, 0.15) is 50.4 Å². The Hall–Kier alpha value is -0.410. The third kappa shape index (κ3) is 3.87. The van der Waals surface area contributed by atoms with E-state index in [2.05, 4.69) is 44.9 Å². The number of hydrogen-bond acceptors (Lipinski definition) is 3. The molecule has 1 rings (SSSR count). The molecule has 0 fully saturated rings. The van der Waals surface area contributed by atoms with Crippen LogP contribution in [0.2, 0.25) is 0 Å². The van der Waals surface area contributed by atoms with Gasteiger partial charge in [0.15, 0.2) is 0 Å². The summed E-state index contributed by atoms with van der Waals surface area (Å²) >= 11 is 1.79. The number of aryl methyl sites for hydroxylation is 1. The standard InChI is InChI=1S/C13H24N2S/c1-6-7-10(2)8-15-13(4,5)12-14-9-11(3)16-12/h9-10,15H,6-8H2,1-5H3. The van der Waals surface area contributed by atoms with E-state index in [1.54, 1.807) is 11.3 Å². The molecule has 1 aromatic rings. The van der Waals surface area contributed by atoms with E-state index < -0.39 is 0 Å². The molecule has 1 aromatic heterocycles. The Morgan fingerprint density at radius 3 is 2.69 bits per heavy atom. The van der Waals surface area contributed by atoms with Crippen molar-refractivity contribution in [3.63, 3.8) is 0 Å². The molecule has 0 aliphatic rings. The highest BCUT2D eigenvalue weighted by Crippen LogP contribution is 2.25. The van der Waals surface area contributed by atoms with Gasteiger partial charge in [-0.25, -0.2) is 4.98 Å². The summed E-state index contributed by atoms with van der Waals surface area (Å²) in [6.07, 6.45) is 4.51. The van der Waals surface area contributed by atoms with Crippen molar-refractivity contribution in [2.45, 2.75) is 53.0 Å². The summed E-state index contributed by atoms with van der Waals surface area (Å²) in [5.74, 6) is 0.741. The summed E-state index contributed by atoms with van der Waals surface area (Å²) in [6.45, 7) is 12.1. The average Bonchev–Trinajstić information content (AvgIpc) is 2.63. The number of thiazole rings is 1. The molecule has 0 spiro atoms. The van der Waals surface area contributed by atoms with Gasteiger partial charge in [-0.2, -0.15) is 0 Å². The van der Waals surface area contributed by atoms with Crippen molar-refractivity contribution in [1.29, 1.82) is 0 Å². The number of aromatic nitrogens is 1. The molecule has 0 aliphatic carbocycles. The fourth-order valence-electron chi connectivity index (χ4n) is 1.74. The summed E-state index contributed by atoms with van der Waals surface area (Å²) < 4.78 is 0. The van der Waals surface area contributed by atoms with Gasteiger partial charge in [-0.05, 0) is 39.7 Å². The van der Waals surface area contributed by atoms with Crippen molar-refractivity contribution in [1.82, 2.24) is 10.3 Å². The predicted molar refractivity (Wildman–Crippen MR) is 72.0 cm³/mol. The highest BCUT2D eigenvalue weighted by atomic mass is 32.1. The number of nitrogens with one attached hydrogen (secondary N) is 1. The van der Waals surface area contributed by atoms with Crippen LogP contribution in [-0.2, 0) is 5.54 Å². The highest BCUT2D eigenvalue weighted by Gasteiger charge is 2.23. The lowest BCUT2D eigenvalue weighted by molar-refractivity contribution is 0.354. The average molecular weight is 240 g/mol. The first kappa shape index (κ1) is 13.7. The van der Waals surface area contributed by atoms with Crippen molar-refractivity contribution in [2.75, 3.05) is 6.54 Å². The van der Waals surface area contributed by atoms with Gasteiger partial charge in [0.1, 0.15) is 5.01 Å². The lowest BCUT2D eigenvalue weighted by Crippen LogP contribution is -2.39. The highest BCUT2D eigenvalue weighted by molar-refractivity contribution is 7.11. The van der Waals surface area contributed by atoms with Gasteiger partial charge in [-0.3, -0.25) is 0 Å². The molecule has 92 valence electrons. The molecule has 1 atom stereocenters. The summed E-state index contributed by atoms with van der Waals surface area (Å²) in [5, 5.41) is 4.81. The van der Waals surface area contributed by atoms with E-state index >= 15 is 0 Å². The Balaban J connectivity index is 2.51. The molecule has 0 amide bonds. The van der Waals surface area contributed by atoms with Gasteiger partial charge in [0.25, 0.3) is 0 Å². The van der Waals surface area contributed by atoms with E-state index in [9.17, 15) is 0 Å². The molecule has 1 heterocycles. The maximum atomic E-state index is 4.47. The second-order valence-corrected chi connectivity index (χ2v) is 6.41. The van der Waals surface area contributed by atoms with Gasteiger partial charge >= 0.3 is 0 Å². The van der Waals surface area contributed by atoms with Gasteiger partial charge in [0.05, 0.1) is 5.54 Å². The van der Waals surface area contributed by atoms with Crippen LogP contribution in [0.3, 0.4) is 0 Å². The molecular weight excluding hydrogens is 216 g/mol. The van der Waals surface area contributed by atoms with Gasteiger partial charge in [-0.1, -0.05) is 20.3 Å². The molecule has 1 unspecified atom stereocenters. The molecule has 0 saturated carbocycles. The quantitative estimate of drug-likeness (QED) is 0.820. The van der Waals surface area contributed by atoms with E-state index in [-0.39, 0.29) is 5.54 Å². The zero-order valence-electron chi connectivity index (χ0n) is 11.1. The maximum absolute atomic E-state index is 4.47. The van der Waals surface area contributed by atoms with Crippen molar-refractivity contribution in [2.24, 2.45) is 5.92 Å². The second kappa shape index (κ2) is 5.78. The molecule has 16 heavy (non-hydrogen) atoms. The molecule has 0 bridgehead atoms. The van der Waals surface area contributed by atoms with E-state index in [0.717, 1.165) is 12.5 Å². The third-order valence-electron chi connectivity index (χ3n) is 2.83. The zero-order valence-corrected chi connectivity index (χ0v) is 11.9. The Labute approximate surface area is 103 Å². The fourth-order valence-corrected chi connectivity index (χ4v) is 2.59. The van der Waals surface area contributed by atoms with Crippen LogP contribution in [0, 0.1) is 12.8 Å². The Morgan fingerprint density at radius 1 is 1.50 bits per heavy atom. The van der Waals surface area contributed by atoms with Crippen LogP contribution in [0.25, 0.3) is 0 Å². The zero-order chi connectivity index (χ0) is 12.2. The van der Waals surface area contributed by atoms with E-state index in [4.69, 9.17) is 0 Å². The largest absolute Gasteiger partial charge is 0.306 e. The smallest absolute Gasteiger partial charge is 0.112 e. The monoisotopic (exact) mass is 240 g/mol. The van der Waals surface area contributed by atoms with E-state index in [0.29, 0.717) is 0 Å². The van der Waals surface area contributed by atoms with Crippen LogP contribution in [0.4, 0.5) is 0 Å². The summed E-state index contributed by atoms with van der Waals surface area (Å²) in [7, 11) is 0. The molecule has 2 nitrogen and oxygen atoms in total. The normalized spacial score (nSPS) is 14.1. The van der Waals surface area contributed by atoms with E-state index in [1.807, 2.05) is 6.20 Å². The molecule has 0 radical (unpaired) electrons. The predicted octanol–water partition coefficient (Wildman–Crippen LogP) is 3.71. The third-order valence-corrected chi connectivity index (χ3v) is 4.07. The lowest BCUT2D eigenvalue weighted by atomic mass is 10.0. The van der Waals surface area contributed by atoms with E-state index in [1.165, 1.54) is 22.7 Å². The Bertz CT molecular complexity index is 317. The van der Waals surface area contributed by atoms with Crippen LogP contribution in [0.5, 0.6) is 0 Å². The number of rotatable bonds is 6. The summed E-state index contributed by atoms with van der Waals surface area (Å²) in [5.41, 5.74) is 0.000921. The minimum absolute atomic E-state index is 0.000921. The fraction of sp³-hybridized carbons (Fsp3) is 0.769. The Morgan fingerprint density at radius 2 is 2.19 bits per heavy atom. The molecule has 0 aromatic carbocycles. The molecule has 3 heteroatoms.